The van der Waals surface area contributed by atoms with E-state index in [0.29, 0.717) is 27.2 Å². The zero-order valence-corrected chi connectivity index (χ0v) is 14.9. The van der Waals surface area contributed by atoms with Crippen LogP contribution in [-0.2, 0) is 4.79 Å². The molecule has 1 saturated heterocycles. The van der Waals surface area contributed by atoms with Crippen molar-refractivity contribution in [1.29, 1.82) is 0 Å². The molecule has 2 aliphatic rings. The molecule has 1 aliphatic heterocycles. The van der Waals surface area contributed by atoms with E-state index in [0.717, 1.165) is 25.9 Å². The minimum Gasteiger partial charge on any atom is -0.349 e. The highest BCUT2D eigenvalue weighted by Gasteiger charge is 2.45. The van der Waals surface area contributed by atoms with Gasteiger partial charge in [-0.3, -0.25) is 14.6 Å². The monoisotopic (exact) mass is 360 g/mol. The summed E-state index contributed by atoms with van der Waals surface area (Å²) in [6.07, 6.45) is 6.33. The van der Waals surface area contributed by atoms with Crippen molar-refractivity contribution in [3.63, 3.8) is 0 Å². The van der Waals surface area contributed by atoms with Crippen LogP contribution in [0, 0.1) is 5.41 Å². The Balaban J connectivity index is 1.39. The van der Waals surface area contributed by atoms with Crippen molar-refractivity contribution in [2.45, 2.75) is 38.6 Å². The van der Waals surface area contributed by atoms with Crippen LogP contribution in [0.1, 0.15) is 43.1 Å². The first kappa shape index (κ1) is 16.4. The summed E-state index contributed by atoms with van der Waals surface area (Å²) >= 11 is 5.91. The zero-order chi connectivity index (χ0) is 17.6. The molecule has 1 aliphatic carbocycles. The van der Waals surface area contributed by atoms with Crippen LogP contribution in [0.15, 0.2) is 18.3 Å². The van der Waals surface area contributed by atoms with E-state index in [1.165, 1.54) is 19.0 Å². The third-order valence-electron chi connectivity index (χ3n) is 5.49. The van der Waals surface area contributed by atoms with Crippen LogP contribution in [0.2, 0.25) is 5.02 Å². The molecule has 0 aromatic carbocycles. The number of rotatable bonds is 3. The number of hydrogen-bond donors (Lipinski definition) is 2. The molecule has 0 unspecified atom stereocenters. The van der Waals surface area contributed by atoms with E-state index >= 15 is 0 Å². The highest BCUT2D eigenvalue weighted by molar-refractivity contribution is 6.31. The highest BCUT2D eigenvalue weighted by atomic mass is 35.5. The normalized spacial score (nSPS) is 19.8. The first-order valence-electron chi connectivity index (χ1n) is 8.70. The molecule has 4 rings (SSSR count). The van der Waals surface area contributed by atoms with E-state index in [-0.39, 0.29) is 11.8 Å². The van der Waals surface area contributed by atoms with Crippen LogP contribution in [-0.4, -0.2) is 45.8 Å². The number of hydrogen-bond acceptors (Lipinski definition) is 3. The SMILES string of the molecule is C[C@H](NC(=O)c1cc2ncc(Cl)cc2[nH]1)C(=O)N1CCC2(CC1)CC2. The van der Waals surface area contributed by atoms with E-state index in [1.54, 1.807) is 19.1 Å². The number of amides is 2. The molecule has 1 atom stereocenters. The second-order valence-electron chi connectivity index (χ2n) is 7.29. The Bertz CT molecular complexity index is 833. The standard InChI is InChI=1S/C18H21ClN4O2/c1-11(17(25)23-6-4-18(2-3-18)5-7-23)21-16(24)15-9-13-14(22-15)8-12(19)10-20-13/h8-11,22H,2-7H2,1H3,(H,21,24)/t11-/m0/s1. The fourth-order valence-corrected chi connectivity index (χ4v) is 3.75. The van der Waals surface area contributed by atoms with E-state index in [9.17, 15) is 9.59 Å². The molecule has 2 aromatic heterocycles. The van der Waals surface area contributed by atoms with E-state index < -0.39 is 6.04 Å². The molecule has 1 saturated carbocycles. The molecule has 2 aromatic rings. The molecule has 6 nitrogen and oxygen atoms in total. The Morgan fingerprint density at radius 3 is 2.68 bits per heavy atom. The lowest BCUT2D eigenvalue weighted by Crippen LogP contribution is -2.49. The van der Waals surface area contributed by atoms with Gasteiger partial charge in [0.25, 0.3) is 5.91 Å². The summed E-state index contributed by atoms with van der Waals surface area (Å²) < 4.78 is 0. The van der Waals surface area contributed by atoms with Crippen molar-refractivity contribution in [3.8, 4) is 0 Å². The number of carbonyl (C=O) groups excluding carboxylic acids is 2. The predicted molar refractivity (Wildman–Crippen MR) is 95.5 cm³/mol. The number of aromatic amines is 1. The van der Waals surface area contributed by atoms with Crippen molar-refractivity contribution in [2.24, 2.45) is 5.41 Å². The molecule has 132 valence electrons. The molecule has 0 bridgehead atoms. The number of fused-ring (bicyclic) bond motifs is 1. The Kier molecular flexibility index (Phi) is 3.95. The van der Waals surface area contributed by atoms with Crippen LogP contribution < -0.4 is 5.32 Å². The fraction of sp³-hybridized carbons (Fsp3) is 0.500. The number of halogens is 1. The Morgan fingerprint density at radius 2 is 2.00 bits per heavy atom. The van der Waals surface area contributed by atoms with Gasteiger partial charge >= 0.3 is 0 Å². The molecule has 7 heteroatoms. The van der Waals surface area contributed by atoms with Gasteiger partial charge in [0, 0.05) is 19.3 Å². The summed E-state index contributed by atoms with van der Waals surface area (Å²) in [7, 11) is 0. The smallest absolute Gasteiger partial charge is 0.268 e. The second-order valence-corrected chi connectivity index (χ2v) is 7.73. The van der Waals surface area contributed by atoms with Crippen molar-refractivity contribution >= 4 is 34.4 Å². The van der Waals surface area contributed by atoms with Gasteiger partial charge in [-0.25, -0.2) is 0 Å². The third-order valence-corrected chi connectivity index (χ3v) is 5.70. The maximum atomic E-state index is 12.6. The number of aromatic nitrogens is 2. The molecule has 2 amide bonds. The molecular formula is C18H21ClN4O2. The van der Waals surface area contributed by atoms with Gasteiger partial charge in [-0.2, -0.15) is 0 Å². The number of piperidine rings is 1. The summed E-state index contributed by atoms with van der Waals surface area (Å²) in [5, 5.41) is 3.29. The Hall–Kier alpha value is -2.08. The number of H-pyrrole nitrogens is 1. The quantitative estimate of drug-likeness (QED) is 0.883. The molecular weight excluding hydrogens is 340 g/mol. The fourth-order valence-electron chi connectivity index (χ4n) is 3.59. The zero-order valence-electron chi connectivity index (χ0n) is 14.1. The largest absolute Gasteiger partial charge is 0.349 e. The average Bonchev–Trinajstić information content (AvgIpc) is 3.21. The average molecular weight is 361 g/mol. The predicted octanol–water partition coefficient (Wildman–Crippen LogP) is 2.74. The van der Waals surface area contributed by atoms with E-state index in [4.69, 9.17) is 11.6 Å². The Labute approximate surface area is 150 Å². The molecule has 2 fully saturated rings. The topological polar surface area (TPSA) is 78.1 Å². The van der Waals surface area contributed by atoms with Gasteiger partial charge in [0.05, 0.1) is 16.1 Å². The van der Waals surface area contributed by atoms with Gasteiger partial charge in [0.2, 0.25) is 5.91 Å². The minimum atomic E-state index is -0.552. The second kappa shape index (κ2) is 6.02. The van der Waals surface area contributed by atoms with Crippen LogP contribution in [0.5, 0.6) is 0 Å². The lowest BCUT2D eigenvalue weighted by Gasteiger charge is -2.33. The van der Waals surface area contributed by atoms with Gasteiger partial charge in [0.1, 0.15) is 11.7 Å². The number of nitrogens with one attached hydrogen (secondary N) is 2. The van der Waals surface area contributed by atoms with Crippen molar-refractivity contribution in [3.05, 3.63) is 29.0 Å². The van der Waals surface area contributed by atoms with Crippen LogP contribution in [0.3, 0.4) is 0 Å². The lowest BCUT2D eigenvalue weighted by molar-refractivity contribution is -0.134. The van der Waals surface area contributed by atoms with Crippen molar-refractivity contribution in [2.75, 3.05) is 13.1 Å². The summed E-state index contributed by atoms with van der Waals surface area (Å²) in [6, 6.07) is 2.83. The van der Waals surface area contributed by atoms with Gasteiger partial charge in [0.15, 0.2) is 0 Å². The minimum absolute atomic E-state index is 0.0128. The molecule has 0 radical (unpaired) electrons. The summed E-state index contributed by atoms with van der Waals surface area (Å²) in [5.74, 6) is -0.327. The first-order valence-corrected chi connectivity index (χ1v) is 9.08. The summed E-state index contributed by atoms with van der Waals surface area (Å²) in [5.41, 5.74) is 2.27. The van der Waals surface area contributed by atoms with Crippen LogP contribution in [0.25, 0.3) is 11.0 Å². The van der Waals surface area contributed by atoms with Crippen LogP contribution >= 0.6 is 11.6 Å². The highest BCUT2D eigenvalue weighted by Crippen LogP contribution is 2.53. The molecule has 1 spiro atoms. The number of carbonyl (C=O) groups is 2. The van der Waals surface area contributed by atoms with Gasteiger partial charge in [-0.05, 0) is 50.2 Å². The maximum Gasteiger partial charge on any atom is 0.268 e. The van der Waals surface area contributed by atoms with E-state index in [1.807, 2.05) is 4.90 Å². The van der Waals surface area contributed by atoms with Crippen molar-refractivity contribution < 1.29 is 9.59 Å². The molecule has 3 heterocycles. The van der Waals surface area contributed by atoms with Crippen molar-refractivity contribution in [1.82, 2.24) is 20.2 Å². The van der Waals surface area contributed by atoms with Gasteiger partial charge < -0.3 is 15.2 Å². The third kappa shape index (κ3) is 3.23. The van der Waals surface area contributed by atoms with Gasteiger partial charge in [-0.15, -0.1) is 0 Å². The Morgan fingerprint density at radius 1 is 1.28 bits per heavy atom. The number of nitrogens with zero attached hydrogens (tertiary/aromatic N) is 2. The van der Waals surface area contributed by atoms with E-state index in [2.05, 4.69) is 15.3 Å². The molecule has 2 N–H and O–H groups in total. The summed E-state index contributed by atoms with van der Waals surface area (Å²) in [6.45, 7) is 3.33. The maximum absolute atomic E-state index is 12.6. The van der Waals surface area contributed by atoms with Crippen LogP contribution in [0.4, 0.5) is 0 Å². The number of pyridine rings is 1. The molecule has 25 heavy (non-hydrogen) atoms. The van der Waals surface area contributed by atoms with Gasteiger partial charge in [-0.1, -0.05) is 11.6 Å². The lowest BCUT2D eigenvalue weighted by atomic mass is 9.93. The summed E-state index contributed by atoms with van der Waals surface area (Å²) in [4.78, 5) is 34.1. The number of likely N-dealkylation sites (tertiary alicyclic amines) is 1. The first-order chi connectivity index (χ1) is 12.0.